The molecule has 0 aromatic heterocycles. The van der Waals surface area contributed by atoms with Crippen molar-refractivity contribution in [2.45, 2.75) is 25.3 Å². The molecule has 0 radical (unpaired) electrons. The van der Waals surface area contributed by atoms with Gasteiger partial charge in [0, 0.05) is 11.6 Å². The molecule has 0 unspecified atom stereocenters. The molecule has 0 heterocycles. The van der Waals surface area contributed by atoms with Crippen LogP contribution in [0.4, 0.5) is 5.69 Å². The van der Waals surface area contributed by atoms with Gasteiger partial charge in [-0.1, -0.05) is 29.8 Å². The van der Waals surface area contributed by atoms with Crippen LogP contribution in [0.5, 0.6) is 0 Å². The lowest BCUT2D eigenvalue weighted by molar-refractivity contribution is 0.581. The van der Waals surface area contributed by atoms with Crippen LogP contribution in [0.2, 0.25) is 5.02 Å². The number of anilines is 1. The van der Waals surface area contributed by atoms with Gasteiger partial charge in [-0.3, -0.25) is 0 Å². The first-order valence-corrected chi connectivity index (χ1v) is 8.27. The van der Waals surface area contributed by atoms with E-state index in [4.69, 9.17) is 17.3 Å². The van der Waals surface area contributed by atoms with Gasteiger partial charge in [-0.25, -0.2) is 13.1 Å². The summed E-state index contributed by atoms with van der Waals surface area (Å²) in [6.07, 6.45) is 0. The molecule has 0 aliphatic rings. The summed E-state index contributed by atoms with van der Waals surface area (Å²) in [6, 6.07) is 10.4. The maximum atomic E-state index is 12.4. The molecule has 2 rings (SSSR count). The van der Waals surface area contributed by atoms with Crippen LogP contribution in [0.3, 0.4) is 0 Å². The molecule has 0 saturated carbocycles. The van der Waals surface area contributed by atoms with Gasteiger partial charge in [-0.15, -0.1) is 0 Å². The third kappa shape index (κ3) is 3.56. The lowest BCUT2D eigenvalue weighted by Gasteiger charge is -2.13. The number of rotatable bonds is 4. The van der Waals surface area contributed by atoms with Crippen molar-refractivity contribution in [3.8, 4) is 0 Å². The average Bonchev–Trinajstić information content (AvgIpc) is 2.43. The lowest BCUT2D eigenvalue weighted by atomic mass is 10.1. The van der Waals surface area contributed by atoms with E-state index in [-0.39, 0.29) is 17.1 Å². The maximum absolute atomic E-state index is 12.4. The fourth-order valence-electron chi connectivity index (χ4n) is 2.02. The number of nitrogen functional groups attached to an aromatic ring is 1. The summed E-state index contributed by atoms with van der Waals surface area (Å²) in [5, 5.41) is 0.611. The molecule has 0 aliphatic carbocycles. The fraction of sp³-hybridized carbons (Fsp3) is 0.200. The molecule has 2 aromatic rings. The van der Waals surface area contributed by atoms with Crippen molar-refractivity contribution < 1.29 is 8.42 Å². The van der Waals surface area contributed by atoms with Crippen LogP contribution in [0, 0.1) is 13.8 Å². The zero-order valence-electron chi connectivity index (χ0n) is 11.9. The minimum absolute atomic E-state index is 0.150. The third-order valence-electron chi connectivity index (χ3n) is 3.36. The Kier molecular flexibility index (Phi) is 4.56. The van der Waals surface area contributed by atoms with Crippen molar-refractivity contribution >= 4 is 27.3 Å². The van der Waals surface area contributed by atoms with Crippen molar-refractivity contribution in [2.24, 2.45) is 0 Å². The van der Waals surface area contributed by atoms with Gasteiger partial charge in [0.15, 0.2) is 0 Å². The highest BCUT2D eigenvalue weighted by Gasteiger charge is 2.20. The van der Waals surface area contributed by atoms with Gasteiger partial charge in [-0.05, 0) is 48.7 Å². The number of hydrogen-bond acceptors (Lipinski definition) is 3. The summed E-state index contributed by atoms with van der Waals surface area (Å²) in [4.78, 5) is 0.150. The summed E-state index contributed by atoms with van der Waals surface area (Å²) >= 11 is 5.80. The first-order valence-electron chi connectivity index (χ1n) is 6.41. The van der Waals surface area contributed by atoms with E-state index < -0.39 is 10.0 Å². The summed E-state index contributed by atoms with van der Waals surface area (Å²) in [5.74, 6) is 0. The number of hydrogen-bond donors (Lipinski definition) is 2. The van der Waals surface area contributed by atoms with E-state index in [0.29, 0.717) is 10.6 Å². The normalized spacial score (nSPS) is 11.6. The Morgan fingerprint density at radius 3 is 2.33 bits per heavy atom. The molecule has 21 heavy (non-hydrogen) atoms. The molecule has 0 fully saturated rings. The van der Waals surface area contributed by atoms with E-state index in [2.05, 4.69) is 4.72 Å². The average molecular weight is 325 g/mol. The van der Waals surface area contributed by atoms with Crippen LogP contribution < -0.4 is 10.5 Å². The molecule has 0 spiro atoms. The summed E-state index contributed by atoms with van der Waals surface area (Å²) in [5.41, 5.74) is 8.46. The van der Waals surface area contributed by atoms with Crippen LogP contribution >= 0.6 is 11.6 Å². The predicted octanol–water partition coefficient (Wildman–Crippen LogP) is 3.02. The molecule has 0 atom stereocenters. The highest BCUT2D eigenvalue weighted by molar-refractivity contribution is 7.89. The smallest absolute Gasteiger partial charge is 0.243 e. The molecule has 0 amide bonds. The van der Waals surface area contributed by atoms with Crippen molar-refractivity contribution in [2.75, 3.05) is 5.73 Å². The number of halogens is 1. The van der Waals surface area contributed by atoms with E-state index in [0.717, 1.165) is 11.1 Å². The number of nitrogens with two attached hydrogens (primary N) is 1. The molecule has 0 saturated heterocycles. The minimum atomic E-state index is -3.66. The van der Waals surface area contributed by atoms with Gasteiger partial charge in [0.1, 0.15) is 4.90 Å². The Morgan fingerprint density at radius 1 is 1.10 bits per heavy atom. The second-order valence-corrected chi connectivity index (χ2v) is 7.02. The Bertz CT molecular complexity index is 756. The molecular weight excluding hydrogens is 308 g/mol. The third-order valence-corrected chi connectivity index (χ3v) is 5.21. The number of aryl methyl sites for hydroxylation is 1. The van der Waals surface area contributed by atoms with Crippen molar-refractivity contribution in [3.05, 3.63) is 58.1 Å². The largest absolute Gasteiger partial charge is 0.398 e. The van der Waals surface area contributed by atoms with Crippen molar-refractivity contribution in [1.29, 1.82) is 0 Å². The highest BCUT2D eigenvalue weighted by atomic mass is 35.5. The van der Waals surface area contributed by atoms with Crippen LogP contribution in [0.1, 0.15) is 16.7 Å². The molecule has 4 nitrogen and oxygen atoms in total. The monoisotopic (exact) mass is 324 g/mol. The molecule has 2 aromatic carbocycles. The standard InChI is InChI=1S/C15H17ClN2O2S/c1-10-3-8-14(17)15(11(10)2)21(19,20)18-9-12-4-6-13(16)7-5-12/h3-8,18H,9,17H2,1-2H3. The van der Waals surface area contributed by atoms with Crippen molar-refractivity contribution in [3.63, 3.8) is 0 Å². The second kappa shape index (κ2) is 6.05. The predicted molar refractivity (Wildman–Crippen MR) is 85.8 cm³/mol. The van der Waals surface area contributed by atoms with Gasteiger partial charge in [0.2, 0.25) is 10.0 Å². The SMILES string of the molecule is Cc1ccc(N)c(S(=O)(=O)NCc2ccc(Cl)cc2)c1C. The molecule has 0 aliphatic heterocycles. The number of benzene rings is 2. The van der Waals surface area contributed by atoms with E-state index >= 15 is 0 Å². The minimum Gasteiger partial charge on any atom is -0.398 e. The zero-order chi connectivity index (χ0) is 15.6. The van der Waals surface area contributed by atoms with Crippen LogP contribution in [0.15, 0.2) is 41.3 Å². The lowest BCUT2D eigenvalue weighted by Crippen LogP contribution is -2.25. The Hall–Kier alpha value is -1.56. The maximum Gasteiger partial charge on any atom is 0.243 e. The molecule has 0 bridgehead atoms. The zero-order valence-corrected chi connectivity index (χ0v) is 13.4. The first kappa shape index (κ1) is 15.8. The Morgan fingerprint density at radius 2 is 1.71 bits per heavy atom. The molecule has 3 N–H and O–H groups in total. The van der Waals surface area contributed by atoms with E-state index in [1.54, 1.807) is 37.3 Å². The van der Waals surface area contributed by atoms with Gasteiger partial charge in [-0.2, -0.15) is 0 Å². The molecular formula is C15H17ClN2O2S. The summed E-state index contributed by atoms with van der Waals surface area (Å²) in [6.45, 7) is 3.79. The van der Waals surface area contributed by atoms with E-state index in [9.17, 15) is 8.42 Å². The topological polar surface area (TPSA) is 72.2 Å². The first-order chi connectivity index (χ1) is 9.81. The number of nitrogens with one attached hydrogen (secondary N) is 1. The Labute approximate surface area is 130 Å². The fourth-order valence-corrected chi connectivity index (χ4v) is 3.59. The number of sulfonamides is 1. The Balaban J connectivity index is 2.27. The van der Waals surface area contributed by atoms with Gasteiger partial charge in [0.05, 0.1) is 5.69 Å². The van der Waals surface area contributed by atoms with Gasteiger partial charge in [0.25, 0.3) is 0 Å². The van der Waals surface area contributed by atoms with Crippen LogP contribution in [-0.2, 0) is 16.6 Å². The molecule has 6 heteroatoms. The van der Waals surface area contributed by atoms with Crippen molar-refractivity contribution in [1.82, 2.24) is 4.72 Å². The summed E-state index contributed by atoms with van der Waals surface area (Å²) in [7, 11) is -3.66. The second-order valence-electron chi connectivity index (χ2n) is 4.88. The molecule has 112 valence electrons. The van der Waals surface area contributed by atoms with E-state index in [1.165, 1.54) is 0 Å². The van der Waals surface area contributed by atoms with Gasteiger partial charge < -0.3 is 5.73 Å². The quantitative estimate of drug-likeness (QED) is 0.849. The van der Waals surface area contributed by atoms with E-state index in [1.807, 2.05) is 13.0 Å². The van der Waals surface area contributed by atoms with Crippen LogP contribution in [-0.4, -0.2) is 8.42 Å². The van der Waals surface area contributed by atoms with Gasteiger partial charge >= 0.3 is 0 Å². The highest BCUT2D eigenvalue weighted by Crippen LogP contribution is 2.25. The summed E-state index contributed by atoms with van der Waals surface area (Å²) < 4.78 is 27.5. The van der Waals surface area contributed by atoms with Crippen LogP contribution in [0.25, 0.3) is 0 Å².